The number of fused-ring (bicyclic) bond motifs is 1. The Morgan fingerprint density at radius 2 is 1.95 bits per heavy atom. The molecular formula is C13H10F3NO2. The number of nitrogens with zero attached hydrogens (tertiary/aromatic N) is 1. The highest BCUT2D eigenvalue weighted by Gasteiger charge is 2.30. The number of pyridine rings is 1. The molecule has 0 atom stereocenters. The van der Waals surface area contributed by atoms with Gasteiger partial charge in [-0.05, 0) is 18.2 Å². The molecule has 0 saturated carbocycles. The van der Waals surface area contributed by atoms with Crippen molar-refractivity contribution >= 4 is 16.9 Å². The number of esters is 1. The Balaban J connectivity index is 2.42. The fourth-order valence-corrected chi connectivity index (χ4v) is 1.65. The molecule has 0 N–H and O–H groups in total. The van der Waals surface area contributed by atoms with Crippen LogP contribution in [0.2, 0.25) is 0 Å². The second-order valence-corrected chi connectivity index (χ2v) is 3.96. The zero-order chi connectivity index (χ0) is 14.0. The van der Waals surface area contributed by atoms with E-state index in [9.17, 15) is 18.0 Å². The number of rotatable bonds is 2. The van der Waals surface area contributed by atoms with Crippen molar-refractivity contribution in [2.75, 3.05) is 7.11 Å². The number of ether oxygens (including phenoxy) is 1. The van der Waals surface area contributed by atoms with Gasteiger partial charge in [-0.3, -0.25) is 9.78 Å². The van der Waals surface area contributed by atoms with Gasteiger partial charge in [0.05, 0.1) is 30.3 Å². The van der Waals surface area contributed by atoms with E-state index in [1.165, 1.54) is 13.2 Å². The molecule has 0 aliphatic heterocycles. The maximum atomic E-state index is 12.6. The molecule has 19 heavy (non-hydrogen) atoms. The smallest absolute Gasteiger partial charge is 0.416 e. The number of carbonyl (C=O) groups excluding carboxylic acids is 1. The van der Waals surface area contributed by atoms with Crippen molar-refractivity contribution < 1.29 is 22.7 Å². The highest BCUT2D eigenvalue weighted by Crippen LogP contribution is 2.30. The summed E-state index contributed by atoms with van der Waals surface area (Å²) in [6.07, 6.45) is -4.48. The first kappa shape index (κ1) is 13.3. The molecule has 2 rings (SSSR count). The Morgan fingerprint density at radius 3 is 2.58 bits per heavy atom. The van der Waals surface area contributed by atoms with Crippen molar-refractivity contribution in [3.63, 3.8) is 0 Å². The molecule has 0 aliphatic carbocycles. The van der Waals surface area contributed by atoms with E-state index in [2.05, 4.69) is 9.72 Å². The second kappa shape index (κ2) is 4.87. The predicted octanol–water partition coefficient (Wildman–Crippen LogP) is 2.97. The molecule has 1 heterocycles. The van der Waals surface area contributed by atoms with E-state index < -0.39 is 17.7 Å². The largest absolute Gasteiger partial charge is 0.469 e. The number of hydrogen-bond donors (Lipinski definition) is 0. The molecule has 1 aromatic heterocycles. The van der Waals surface area contributed by atoms with Crippen LogP contribution in [-0.2, 0) is 22.1 Å². The third-order valence-electron chi connectivity index (χ3n) is 2.63. The van der Waals surface area contributed by atoms with Gasteiger partial charge in [0.15, 0.2) is 0 Å². The van der Waals surface area contributed by atoms with E-state index >= 15 is 0 Å². The lowest BCUT2D eigenvalue weighted by molar-refractivity contribution is -0.140. The van der Waals surface area contributed by atoms with Crippen molar-refractivity contribution in [1.82, 2.24) is 4.98 Å². The van der Waals surface area contributed by atoms with Crippen LogP contribution in [0.3, 0.4) is 0 Å². The van der Waals surface area contributed by atoms with Crippen LogP contribution in [0.25, 0.3) is 10.9 Å². The van der Waals surface area contributed by atoms with Gasteiger partial charge in [0, 0.05) is 5.39 Å². The minimum absolute atomic E-state index is 0.0668. The summed E-state index contributed by atoms with van der Waals surface area (Å²) in [6.45, 7) is 0. The van der Waals surface area contributed by atoms with Crippen LogP contribution >= 0.6 is 0 Å². The molecule has 1 aromatic carbocycles. The fraction of sp³-hybridized carbons (Fsp3) is 0.231. The van der Waals surface area contributed by atoms with E-state index in [0.29, 0.717) is 11.1 Å². The lowest BCUT2D eigenvalue weighted by atomic mass is 10.1. The van der Waals surface area contributed by atoms with Gasteiger partial charge in [-0.25, -0.2) is 0 Å². The fourth-order valence-electron chi connectivity index (χ4n) is 1.65. The number of halogens is 3. The molecule has 0 spiro atoms. The van der Waals surface area contributed by atoms with Crippen LogP contribution in [0, 0.1) is 0 Å². The molecular weight excluding hydrogens is 259 g/mol. The highest BCUT2D eigenvalue weighted by atomic mass is 19.4. The molecule has 0 saturated heterocycles. The van der Waals surface area contributed by atoms with Gasteiger partial charge in [-0.1, -0.05) is 12.1 Å². The molecule has 0 unspecified atom stereocenters. The zero-order valence-electron chi connectivity index (χ0n) is 9.99. The van der Waals surface area contributed by atoms with Gasteiger partial charge in [0.25, 0.3) is 0 Å². The Hall–Kier alpha value is -2.11. The maximum Gasteiger partial charge on any atom is 0.416 e. The number of hydrogen-bond acceptors (Lipinski definition) is 3. The number of aromatic nitrogens is 1. The van der Waals surface area contributed by atoms with Crippen LogP contribution in [-0.4, -0.2) is 18.1 Å². The first-order valence-electron chi connectivity index (χ1n) is 5.44. The summed E-state index contributed by atoms with van der Waals surface area (Å²) in [4.78, 5) is 15.1. The minimum Gasteiger partial charge on any atom is -0.469 e. The van der Waals surface area contributed by atoms with E-state index in [4.69, 9.17) is 0 Å². The molecule has 0 fully saturated rings. The van der Waals surface area contributed by atoms with Crippen LogP contribution in [0.5, 0.6) is 0 Å². The predicted molar refractivity (Wildman–Crippen MR) is 62.5 cm³/mol. The van der Waals surface area contributed by atoms with E-state index in [-0.39, 0.29) is 11.9 Å². The molecule has 3 nitrogen and oxygen atoms in total. The summed E-state index contributed by atoms with van der Waals surface area (Å²) in [5.41, 5.74) is -0.183. The lowest BCUT2D eigenvalue weighted by Crippen LogP contribution is -2.07. The lowest BCUT2D eigenvalue weighted by Gasteiger charge is -2.08. The normalized spacial score (nSPS) is 11.6. The molecule has 6 heteroatoms. The third-order valence-corrected chi connectivity index (χ3v) is 2.63. The number of carbonyl (C=O) groups is 1. The zero-order valence-corrected chi connectivity index (χ0v) is 9.99. The van der Waals surface area contributed by atoms with E-state index in [0.717, 1.165) is 12.1 Å². The van der Waals surface area contributed by atoms with Crippen LogP contribution in [0.15, 0.2) is 30.3 Å². The van der Waals surface area contributed by atoms with Crippen molar-refractivity contribution in [2.24, 2.45) is 0 Å². The molecule has 0 aliphatic rings. The Labute approximate surface area is 107 Å². The highest BCUT2D eigenvalue weighted by molar-refractivity contribution is 5.80. The van der Waals surface area contributed by atoms with Crippen LogP contribution in [0.4, 0.5) is 13.2 Å². The molecule has 2 aromatic rings. The first-order chi connectivity index (χ1) is 8.90. The van der Waals surface area contributed by atoms with Gasteiger partial charge in [0.1, 0.15) is 0 Å². The van der Waals surface area contributed by atoms with E-state index in [1.54, 1.807) is 12.1 Å². The molecule has 100 valence electrons. The molecule has 0 radical (unpaired) electrons. The number of methoxy groups -OCH3 is 1. The van der Waals surface area contributed by atoms with Crippen LogP contribution in [0.1, 0.15) is 11.3 Å². The summed E-state index contributed by atoms with van der Waals surface area (Å²) in [7, 11) is 1.24. The quantitative estimate of drug-likeness (QED) is 0.787. The van der Waals surface area contributed by atoms with Gasteiger partial charge >= 0.3 is 12.1 Å². The second-order valence-electron chi connectivity index (χ2n) is 3.96. The SMILES string of the molecule is COC(=O)Cc1ccc2ccc(C(F)(F)F)cc2n1. The van der Waals surface area contributed by atoms with Gasteiger partial charge in [-0.2, -0.15) is 13.2 Å². The average Bonchev–Trinajstić information content (AvgIpc) is 2.36. The molecule has 0 bridgehead atoms. The Kier molecular flexibility index (Phi) is 3.42. The minimum atomic E-state index is -4.41. The number of benzene rings is 1. The number of alkyl halides is 3. The van der Waals surface area contributed by atoms with Crippen molar-refractivity contribution in [1.29, 1.82) is 0 Å². The van der Waals surface area contributed by atoms with Crippen molar-refractivity contribution in [3.8, 4) is 0 Å². The monoisotopic (exact) mass is 269 g/mol. The first-order valence-corrected chi connectivity index (χ1v) is 5.44. The van der Waals surface area contributed by atoms with Gasteiger partial charge in [-0.15, -0.1) is 0 Å². The van der Waals surface area contributed by atoms with Crippen molar-refractivity contribution in [2.45, 2.75) is 12.6 Å². The molecule has 0 amide bonds. The average molecular weight is 269 g/mol. The summed E-state index contributed by atoms with van der Waals surface area (Å²) in [5, 5.41) is 0.585. The summed E-state index contributed by atoms with van der Waals surface area (Å²) < 4.78 is 42.2. The van der Waals surface area contributed by atoms with E-state index in [1.807, 2.05) is 0 Å². The van der Waals surface area contributed by atoms with Crippen molar-refractivity contribution in [3.05, 3.63) is 41.6 Å². The Bertz CT molecular complexity index is 623. The van der Waals surface area contributed by atoms with Crippen LogP contribution < -0.4 is 0 Å². The topological polar surface area (TPSA) is 39.2 Å². The maximum absolute atomic E-state index is 12.6. The third kappa shape index (κ3) is 3.01. The summed E-state index contributed by atoms with van der Waals surface area (Å²) in [5.74, 6) is -0.487. The summed E-state index contributed by atoms with van der Waals surface area (Å²) >= 11 is 0. The van der Waals surface area contributed by atoms with Gasteiger partial charge in [0.2, 0.25) is 0 Å². The van der Waals surface area contributed by atoms with Gasteiger partial charge < -0.3 is 4.74 Å². The summed E-state index contributed by atoms with van der Waals surface area (Å²) in [6, 6.07) is 6.54. The standard InChI is InChI=1S/C13H10F3NO2/c1-19-12(18)7-10-5-3-8-2-4-9(13(14,15)16)6-11(8)17-10/h2-6H,7H2,1H3. The Morgan fingerprint density at radius 1 is 1.26 bits per heavy atom.